The molecule has 3 heteroatoms. The van der Waals surface area contributed by atoms with Crippen molar-refractivity contribution >= 4 is 5.91 Å². The van der Waals surface area contributed by atoms with Crippen molar-refractivity contribution in [3.63, 3.8) is 0 Å². The van der Waals surface area contributed by atoms with Gasteiger partial charge in [0.2, 0.25) is 0 Å². The molecule has 1 unspecified atom stereocenters. The number of nitrogens with zero attached hydrogens (tertiary/aromatic N) is 1. The highest BCUT2D eigenvalue weighted by Gasteiger charge is 2.27. The highest BCUT2D eigenvalue weighted by molar-refractivity contribution is 5.95. The number of aliphatic hydroxyl groups is 1. The van der Waals surface area contributed by atoms with E-state index >= 15 is 0 Å². The second-order valence-electron chi connectivity index (χ2n) is 5.42. The van der Waals surface area contributed by atoms with E-state index in [9.17, 15) is 9.90 Å². The predicted octanol–water partition coefficient (Wildman–Crippen LogP) is 2.62. The van der Waals surface area contributed by atoms with Gasteiger partial charge in [-0.3, -0.25) is 4.79 Å². The summed E-state index contributed by atoms with van der Waals surface area (Å²) in [6, 6.07) is 7.73. The lowest BCUT2D eigenvalue weighted by molar-refractivity contribution is 0.0453. The molecule has 1 N–H and O–H groups in total. The lowest BCUT2D eigenvalue weighted by Crippen LogP contribution is -2.41. The Bertz CT molecular complexity index is 436. The van der Waals surface area contributed by atoms with Gasteiger partial charge in [0.1, 0.15) is 0 Å². The highest BCUT2D eigenvalue weighted by Crippen LogP contribution is 2.24. The van der Waals surface area contributed by atoms with Crippen LogP contribution in [-0.4, -0.2) is 35.1 Å². The maximum Gasteiger partial charge on any atom is 0.254 e. The van der Waals surface area contributed by atoms with Gasteiger partial charge in [0.05, 0.1) is 6.10 Å². The maximum atomic E-state index is 12.4. The first-order chi connectivity index (χ1) is 9.13. The normalized spacial score (nSPS) is 18.4. The topological polar surface area (TPSA) is 40.5 Å². The van der Waals surface area contributed by atoms with Crippen molar-refractivity contribution in [2.75, 3.05) is 13.1 Å². The Balaban J connectivity index is 1.98. The zero-order valence-electron chi connectivity index (χ0n) is 11.8. The smallest absolute Gasteiger partial charge is 0.254 e. The molecular weight excluding hydrogens is 238 g/mol. The van der Waals surface area contributed by atoms with Gasteiger partial charge in [-0.05, 0) is 43.7 Å². The number of carbonyl (C=O) groups is 1. The molecule has 0 spiro atoms. The molecule has 0 saturated carbocycles. The average Bonchev–Trinajstić information content (AvgIpc) is 2.46. The summed E-state index contributed by atoms with van der Waals surface area (Å²) in [4.78, 5) is 14.3. The quantitative estimate of drug-likeness (QED) is 0.908. The van der Waals surface area contributed by atoms with Crippen LogP contribution in [0.15, 0.2) is 24.3 Å². The van der Waals surface area contributed by atoms with Crippen LogP contribution in [0.2, 0.25) is 0 Å². The first kappa shape index (κ1) is 14.1. The summed E-state index contributed by atoms with van der Waals surface area (Å²) in [5.74, 6) is 0.480. The Kier molecular flexibility index (Phi) is 4.59. The molecule has 1 atom stereocenters. The van der Waals surface area contributed by atoms with Gasteiger partial charge in [0.15, 0.2) is 0 Å². The van der Waals surface area contributed by atoms with Crippen molar-refractivity contribution in [3.8, 4) is 0 Å². The zero-order chi connectivity index (χ0) is 13.8. The fourth-order valence-electron chi connectivity index (χ4n) is 2.80. The minimum absolute atomic E-state index is 0.127. The van der Waals surface area contributed by atoms with Gasteiger partial charge in [-0.2, -0.15) is 0 Å². The predicted molar refractivity (Wildman–Crippen MR) is 76.1 cm³/mol. The molecular formula is C16H23NO2. The second-order valence-corrected chi connectivity index (χ2v) is 5.42. The van der Waals surface area contributed by atoms with Crippen LogP contribution in [0.1, 0.15) is 42.1 Å². The van der Waals surface area contributed by atoms with Crippen molar-refractivity contribution in [1.29, 1.82) is 0 Å². The first-order valence-electron chi connectivity index (χ1n) is 7.16. The SMILES string of the molecule is CCC(O)C1CCN(C(=O)c2ccccc2C)CC1. The van der Waals surface area contributed by atoms with Crippen LogP contribution in [0.25, 0.3) is 0 Å². The number of piperidine rings is 1. The van der Waals surface area contributed by atoms with Crippen LogP contribution in [0.5, 0.6) is 0 Å². The van der Waals surface area contributed by atoms with Crippen LogP contribution in [-0.2, 0) is 0 Å². The third kappa shape index (κ3) is 3.16. The Morgan fingerprint density at radius 2 is 2.00 bits per heavy atom. The third-order valence-electron chi connectivity index (χ3n) is 4.16. The van der Waals surface area contributed by atoms with Crippen molar-refractivity contribution in [2.24, 2.45) is 5.92 Å². The number of hydrogen-bond donors (Lipinski definition) is 1. The molecule has 1 aromatic rings. The summed E-state index contributed by atoms with van der Waals surface area (Å²) in [7, 11) is 0. The van der Waals surface area contributed by atoms with Crippen LogP contribution < -0.4 is 0 Å². The Morgan fingerprint density at radius 1 is 1.37 bits per heavy atom. The number of benzene rings is 1. The average molecular weight is 261 g/mol. The van der Waals surface area contributed by atoms with Crippen molar-refractivity contribution in [3.05, 3.63) is 35.4 Å². The summed E-state index contributed by atoms with van der Waals surface area (Å²) < 4.78 is 0. The summed E-state index contributed by atoms with van der Waals surface area (Å²) in [5.41, 5.74) is 1.83. The lowest BCUT2D eigenvalue weighted by atomic mass is 9.89. The van der Waals surface area contributed by atoms with E-state index in [-0.39, 0.29) is 12.0 Å². The van der Waals surface area contributed by atoms with E-state index in [1.54, 1.807) is 0 Å². The van der Waals surface area contributed by atoms with E-state index in [0.717, 1.165) is 43.5 Å². The molecule has 1 aliphatic heterocycles. The highest BCUT2D eigenvalue weighted by atomic mass is 16.3. The van der Waals surface area contributed by atoms with E-state index in [1.807, 2.05) is 43.0 Å². The summed E-state index contributed by atoms with van der Waals surface area (Å²) in [5, 5.41) is 9.87. The fraction of sp³-hybridized carbons (Fsp3) is 0.562. The van der Waals surface area contributed by atoms with Gasteiger partial charge >= 0.3 is 0 Å². The molecule has 1 saturated heterocycles. The number of aryl methyl sites for hydroxylation is 1. The minimum atomic E-state index is -0.212. The van der Waals surface area contributed by atoms with E-state index in [1.165, 1.54) is 0 Å². The van der Waals surface area contributed by atoms with Crippen LogP contribution >= 0.6 is 0 Å². The molecule has 0 aromatic heterocycles. The number of amides is 1. The van der Waals surface area contributed by atoms with Gasteiger partial charge in [0, 0.05) is 18.7 Å². The van der Waals surface area contributed by atoms with E-state index < -0.39 is 0 Å². The first-order valence-corrected chi connectivity index (χ1v) is 7.16. The van der Waals surface area contributed by atoms with Crippen LogP contribution in [0.3, 0.4) is 0 Å². The van der Waals surface area contributed by atoms with Crippen molar-refractivity contribution < 1.29 is 9.90 Å². The van der Waals surface area contributed by atoms with Crippen LogP contribution in [0.4, 0.5) is 0 Å². The van der Waals surface area contributed by atoms with E-state index in [0.29, 0.717) is 5.92 Å². The molecule has 0 bridgehead atoms. The third-order valence-corrected chi connectivity index (χ3v) is 4.16. The van der Waals surface area contributed by atoms with Crippen molar-refractivity contribution in [1.82, 2.24) is 4.90 Å². The lowest BCUT2D eigenvalue weighted by Gasteiger charge is -2.34. The molecule has 1 heterocycles. The molecule has 1 amide bonds. The van der Waals surface area contributed by atoms with Gasteiger partial charge < -0.3 is 10.0 Å². The Hall–Kier alpha value is -1.35. The fourth-order valence-corrected chi connectivity index (χ4v) is 2.80. The molecule has 19 heavy (non-hydrogen) atoms. The minimum Gasteiger partial charge on any atom is -0.393 e. The number of carbonyl (C=O) groups excluding carboxylic acids is 1. The molecule has 104 valence electrons. The number of aliphatic hydroxyl groups excluding tert-OH is 1. The molecule has 2 rings (SSSR count). The summed E-state index contributed by atoms with van der Waals surface area (Å²) in [6.45, 7) is 5.50. The number of rotatable bonds is 3. The monoisotopic (exact) mass is 261 g/mol. The number of likely N-dealkylation sites (tertiary alicyclic amines) is 1. The maximum absolute atomic E-state index is 12.4. The zero-order valence-corrected chi connectivity index (χ0v) is 11.8. The molecule has 1 aromatic carbocycles. The van der Waals surface area contributed by atoms with Crippen molar-refractivity contribution in [2.45, 2.75) is 39.2 Å². The molecule has 0 radical (unpaired) electrons. The summed E-state index contributed by atoms with van der Waals surface area (Å²) in [6.07, 6.45) is 2.41. The van der Waals surface area contributed by atoms with Gasteiger partial charge in [-0.15, -0.1) is 0 Å². The van der Waals surface area contributed by atoms with E-state index in [2.05, 4.69) is 0 Å². The van der Waals surface area contributed by atoms with Gasteiger partial charge in [-0.1, -0.05) is 25.1 Å². The largest absolute Gasteiger partial charge is 0.393 e. The molecule has 0 aliphatic carbocycles. The molecule has 1 fully saturated rings. The standard InChI is InChI=1S/C16H23NO2/c1-3-15(18)13-8-10-17(11-9-13)16(19)14-7-5-4-6-12(14)2/h4-7,13,15,18H,3,8-11H2,1-2H3. The van der Waals surface area contributed by atoms with Crippen LogP contribution in [0, 0.1) is 12.8 Å². The summed E-state index contributed by atoms with van der Waals surface area (Å²) >= 11 is 0. The Morgan fingerprint density at radius 3 is 2.58 bits per heavy atom. The Labute approximate surface area is 115 Å². The molecule has 1 aliphatic rings. The van der Waals surface area contributed by atoms with Gasteiger partial charge in [0.25, 0.3) is 5.91 Å². The number of hydrogen-bond acceptors (Lipinski definition) is 2. The molecule has 3 nitrogen and oxygen atoms in total. The van der Waals surface area contributed by atoms with Gasteiger partial charge in [-0.25, -0.2) is 0 Å². The van der Waals surface area contributed by atoms with E-state index in [4.69, 9.17) is 0 Å². The second kappa shape index (κ2) is 6.20.